The monoisotopic (exact) mass is 268 g/mol. The van der Waals surface area contributed by atoms with E-state index in [2.05, 4.69) is 6.92 Å². The molecule has 5 nitrogen and oxygen atoms in total. The molecule has 6 heteroatoms. The van der Waals surface area contributed by atoms with Gasteiger partial charge in [-0.2, -0.15) is 8.42 Å². The van der Waals surface area contributed by atoms with Crippen LogP contribution in [0.25, 0.3) is 0 Å². The van der Waals surface area contributed by atoms with E-state index in [4.69, 9.17) is 14.0 Å². The first-order valence-corrected chi connectivity index (χ1v) is 7.64. The summed E-state index contributed by atoms with van der Waals surface area (Å²) in [6, 6.07) is 0. The van der Waals surface area contributed by atoms with E-state index in [1.165, 1.54) is 0 Å². The van der Waals surface area contributed by atoms with Gasteiger partial charge in [0.2, 0.25) is 0 Å². The van der Waals surface area contributed by atoms with E-state index in [0.717, 1.165) is 19.3 Å². The van der Waals surface area contributed by atoms with Crippen LogP contribution in [0.3, 0.4) is 0 Å². The normalized spacial score (nSPS) is 15.8. The van der Waals surface area contributed by atoms with Crippen LogP contribution in [0.4, 0.5) is 0 Å². The van der Waals surface area contributed by atoms with Gasteiger partial charge in [-0.15, -0.1) is 0 Å². The molecule has 2 atom stereocenters. The molecule has 2 unspecified atom stereocenters. The fourth-order valence-corrected chi connectivity index (χ4v) is 1.58. The second-order valence-electron chi connectivity index (χ2n) is 4.25. The first kappa shape index (κ1) is 16.8. The average Bonchev–Trinajstić information content (AvgIpc) is 2.21. The molecule has 0 saturated carbocycles. The molecule has 0 bridgehead atoms. The van der Waals surface area contributed by atoms with E-state index in [0.29, 0.717) is 6.61 Å². The van der Waals surface area contributed by atoms with Gasteiger partial charge >= 0.3 is 0 Å². The Morgan fingerprint density at radius 3 is 2.35 bits per heavy atom. The Morgan fingerprint density at radius 2 is 1.82 bits per heavy atom. The highest BCUT2D eigenvalue weighted by Gasteiger charge is 2.09. The van der Waals surface area contributed by atoms with Crippen molar-refractivity contribution in [2.24, 2.45) is 0 Å². The Balaban J connectivity index is 3.55. The van der Waals surface area contributed by atoms with Crippen molar-refractivity contribution in [2.75, 3.05) is 19.0 Å². The quantitative estimate of drug-likeness (QED) is 0.612. The molecule has 17 heavy (non-hydrogen) atoms. The van der Waals surface area contributed by atoms with E-state index in [1.807, 2.05) is 13.8 Å². The van der Waals surface area contributed by atoms with Crippen LogP contribution >= 0.6 is 0 Å². The smallest absolute Gasteiger partial charge is 0.267 e. The molecule has 0 amide bonds. The molecular weight excluding hydrogens is 244 g/mol. The van der Waals surface area contributed by atoms with Crippen LogP contribution in [0, 0.1) is 0 Å². The molecule has 0 spiro atoms. The van der Waals surface area contributed by atoms with Gasteiger partial charge in [0.05, 0.1) is 31.2 Å². The molecule has 1 N–H and O–H groups in total. The second kappa shape index (κ2) is 8.85. The molecule has 0 aliphatic heterocycles. The number of unbranched alkanes of at least 4 members (excludes halogenated alkanes) is 1. The summed E-state index contributed by atoms with van der Waals surface area (Å²) in [6.07, 6.45) is 3.34. The van der Waals surface area contributed by atoms with Gasteiger partial charge in [0.15, 0.2) is 0 Å². The lowest BCUT2D eigenvalue weighted by Gasteiger charge is -2.17. The highest BCUT2D eigenvalue weighted by molar-refractivity contribution is 7.85. The van der Waals surface area contributed by atoms with Gasteiger partial charge in [-0.25, -0.2) is 0 Å². The third kappa shape index (κ3) is 12.1. The Labute approximate surface area is 104 Å². The molecule has 0 aromatic heterocycles. The van der Waals surface area contributed by atoms with Crippen molar-refractivity contribution >= 4 is 10.1 Å². The van der Waals surface area contributed by atoms with Gasteiger partial charge in [0, 0.05) is 0 Å². The third-order valence-corrected chi connectivity index (χ3v) is 3.01. The molecule has 0 aromatic carbocycles. The van der Waals surface area contributed by atoms with E-state index in [9.17, 15) is 8.42 Å². The van der Waals surface area contributed by atoms with Gasteiger partial charge < -0.3 is 9.47 Å². The zero-order chi connectivity index (χ0) is 13.3. The molecule has 104 valence electrons. The maximum absolute atomic E-state index is 10.4. The van der Waals surface area contributed by atoms with Crippen molar-refractivity contribution in [1.82, 2.24) is 0 Å². The first-order chi connectivity index (χ1) is 7.85. The Kier molecular flexibility index (Phi) is 8.77. The fraction of sp³-hybridized carbons (Fsp3) is 1.00. The highest BCUT2D eigenvalue weighted by atomic mass is 32.2. The summed E-state index contributed by atoms with van der Waals surface area (Å²) in [5.74, 6) is -0.372. The van der Waals surface area contributed by atoms with Gasteiger partial charge in [0.25, 0.3) is 10.1 Å². The average molecular weight is 268 g/mol. The zero-order valence-corrected chi connectivity index (χ0v) is 11.7. The van der Waals surface area contributed by atoms with Crippen LogP contribution in [0.2, 0.25) is 0 Å². The summed E-state index contributed by atoms with van der Waals surface area (Å²) in [4.78, 5) is 0. The van der Waals surface area contributed by atoms with Gasteiger partial charge in [-0.1, -0.05) is 19.8 Å². The minimum Gasteiger partial charge on any atom is -0.376 e. The van der Waals surface area contributed by atoms with Crippen LogP contribution in [0.15, 0.2) is 0 Å². The van der Waals surface area contributed by atoms with E-state index >= 15 is 0 Å². The Morgan fingerprint density at radius 1 is 1.18 bits per heavy atom. The number of ether oxygens (including phenoxy) is 2. The summed E-state index contributed by atoms with van der Waals surface area (Å²) >= 11 is 0. The largest absolute Gasteiger partial charge is 0.376 e. The molecule has 0 fully saturated rings. The lowest BCUT2D eigenvalue weighted by Crippen LogP contribution is -2.23. The molecule has 0 heterocycles. The van der Waals surface area contributed by atoms with Crippen LogP contribution in [-0.4, -0.2) is 44.1 Å². The first-order valence-electron chi connectivity index (χ1n) is 6.03. The summed E-state index contributed by atoms with van der Waals surface area (Å²) < 4.78 is 40.1. The third-order valence-electron chi connectivity index (χ3n) is 2.32. The summed E-state index contributed by atoms with van der Waals surface area (Å²) in [7, 11) is -3.93. The van der Waals surface area contributed by atoms with Crippen molar-refractivity contribution < 1.29 is 22.4 Å². The Hall–Kier alpha value is -0.170. The van der Waals surface area contributed by atoms with Crippen molar-refractivity contribution in [3.63, 3.8) is 0 Å². The Bertz CT molecular complexity index is 276. The fourth-order valence-electron chi connectivity index (χ4n) is 1.28. The lowest BCUT2D eigenvalue weighted by atomic mass is 10.2. The van der Waals surface area contributed by atoms with Crippen molar-refractivity contribution in [1.29, 1.82) is 0 Å². The minimum absolute atomic E-state index is 0.00724. The predicted molar refractivity (Wildman–Crippen MR) is 66.8 cm³/mol. The van der Waals surface area contributed by atoms with E-state index in [1.54, 1.807) is 0 Å². The molecule has 0 saturated heterocycles. The van der Waals surface area contributed by atoms with Crippen LogP contribution in [0.5, 0.6) is 0 Å². The van der Waals surface area contributed by atoms with Crippen molar-refractivity contribution in [3.05, 3.63) is 0 Å². The van der Waals surface area contributed by atoms with Crippen molar-refractivity contribution in [3.8, 4) is 0 Å². The maximum Gasteiger partial charge on any atom is 0.267 e. The summed E-state index contributed by atoms with van der Waals surface area (Å²) in [6.45, 7) is 6.40. The SMILES string of the molecule is CCCCC(C)OCC(C)OCCS(=O)(=O)O. The molecular formula is C11H24O5S. The number of hydrogen-bond acceptors (Lipinski definition) is 4. The molecule has 0 radical (unpaired) electrons. The second-order valence-corrected chi connectivity index (χ2v) is 5.83. The predicted octanol–water partition coefficient (Wildman–Crippen LogP) is 1.87. The molecule has 0 rings (SSSR count). The van der Waals surface area contributed by atoms with Gasteiger partial charge in [-0.3, -0.25) is 4.55 Å². The summed E-state index contributed by atoms with van der Waals surface area (Å²) in [5, 5.41) is 0. The van der Waals surface area contributed by atoms with Gasteiger partial charge in [-0.05, 0) is 20.3 Å². The van der Waals surface area contributed by atoms with Crippen molar-refractivity contribution in [2.45, 2.75) is 52.2 Å². The summed E-state index contributed by atoms with van der Waals surface area (Å²) in [5.41, 5.74) is 0. The highest BCUT2D eigenvalue weighted by Crippen LogP contribution is 2.05. The van der Waals surface area contributed by atoms with Crippen LogP contribution in [-0.2, 0) is 19.6 Å². The maximum atomic E-state index is 10.4. The number of rotatable bonds is 10. The van der Waals surface area contributed by atoms with Crippen LogP contribution < -0.4 is 0 Å². The molecule has 0 aliphatic rings. The number of hydrogen-bond donors (Lipinski definition) is 1. The van der Waals surface area contributed by atoms with Gasteiger partial charge in [0.1, 0.15) is 0 Å². The standard InChI is InChI=1S/C11H24O5S/c1-4-5-6-10(2)16-9-11(3)15-7-8-17(12,13)14/h10-11H,4-9H2,1-3H3,(H,12,13,14). The minimum atomic E-state index is -3.93. The lowest BCUT2D eigenvalue weighted by molar-refractivity contribution is -0.0298. The van der Waals surface area contributed by atoms with E-state index < -0.39 is 10.1 Å². The molecule has 0 aromatic rings. The van der Waals surface area contributed by atoms with E-state index in [-0.39, 0.29) is 24.6 Å². The topological polar surface area (TPSA) is 72.8 Å². The zero-order valence-electron chi connectivity index (χ0n) is 10.9. The van der Waals surface area contributed by atoms with Crippen LogP contribution in [0.1, 0.15) is 40.0 Å². The molecule has 0 aliphatic carbocycles.